The molecule has 2 unspecified atom stereocenters. The minimum Gasteiger partial charge on any atom is -0.463 e. The fourth-order valence-corrected chi connectivity index (χ4v) is 2.64. The largest absolute Gasteiger partial charge is 0.463 e. The maximum absolute atomic E-state index is 14.5. The molecule has 1 N–H and O–H groups in total. The van der Waals surface area contributed by atoms with Crippen molar-refractivity contribution in [2.24, 2.45) is 0 Å². The summed E-state index contributed by atoms with van der Waals surface area (Å²) in [4.78, 5) is 10.7. The Labute approximate surface area is 154 Å². The number of halogens is 1. The van der Waals surface area contributed by atoms with Crippen LogP contribution in [0.1, 0.15) is 31.0 Å². The second-order valence-corrected chi connectivity index (χ2v) is 6.09. The minimum absolute atomic E-state index is 0.0936. The molecule has 2 aromatic carbocycles. The molecule has 0 aliphatic heterocycles. The third kappa shape index (κ3) is 6.58. The van der Waals surface area contributed by atoms with Gasteiger partial charge in [0.15, 0.2) is 0 Å². The lowest BCUT2D eigenvalue weighted by Crippen LogP contribution is -2.36. The number of hydrogen-bond donors (Lipinski definition) is 1. The third-order valence-electron chi connectivity index (χ3n) is 4.06. The quantitative estimate of drug-likeness (QED) is 0.519. The molecule has 26 heavy (non-hydrogen) atoms. The highest BCUT2D eigenvalue weighted by Crippen LogP contribution is 2.22. The Kier molecular flexibility index (Phi) is 8.25. The summed E-state index contributed by atoms with van der Waals surface area (Å²) in [5.41, 5.74) is 2.16. The Bertz CT molecular complexity index is 611. The molecule has 4 nitrogen and oxygen atoms in total. The van der Waals surface area contributed by atoms with Crippen LogP contribution in [-0.2, 0) is 14.3 Å². The first-order chi connectivity index (χ1) is 12.6. The maximum Gasteiger partial charge on any atom is 0.302 e. The van der Waals surface area contributed by atoms with Gasteiger partial charge in [0.25, 0.3) is 0 Å². The number of benzene rings is 2. The van der Waals surface area contributed by atoms with Crippen LogP contribution in [0.2, 0.25) is 0 Å². The van der Waals surface area contributed by atoms with Gasteiger partial charge in [0.05, 0.1) is 18.8 Å². The van der Waals surface area contributed by atoms with Crippen molar-refractivity contribution >= 4 is 5.97 Å². The van der Waals surface area contributed by atoms with Gasteiger partial charge in [-0.05, 0) is 18.1 Å². The fraction of sp³-hybridized carbons (Fsp3) is 0.381. The van der Waals surface area contributed by atoms with E-state index in [0.29, 0.717) is 0 Å². The van der Waals surface area contributed by atoms with Gasteiger partial charge in [-0.15, -0.1) is 0 Å². The van der Waals surface area contributed by atoms with Gasteiger partial charge in [0.1, 0.15) is 12.8 Å². The number of ether oxygens (including phenoxy) is 2. The zero-order valence-electron chi connectivity index (χ0n) is 15.2. The molecule has 0 fully saturated rings. The first-order valence-electron chi connectivity index (χ1n) is 8.80. The lowest BCUT2D eigenvalue weighted by atomic mass is 9.98. The van der Waals surface area contributed by atoms with E-state index < -0.39 is 12.3 Å². The van der Waals surface area contributed by atoms with E-state index in [2.05, 4.69) is 5.32 Å². The van der Waals surface area contributed by atoms with E-state index in [1.165, 1.54) is 6.92 Å². The smallest absolute Gasteiger partial charge is 0.302 e. The van der Waals surface area contributed by atoms with Crippen molar-refractivity contribution in [3.63, 3.8) is 0 Å². The van der Waals surface area contributed by atoms with E-state index in [0.717, 1.165) is 11.1 Å². The van der Waals surface area contributed by atoms with E-state index in [9.17, 15) is 9.18 Å². The lowest BCUT2D eigenvalue weighted by Gasteiger charge is -2.23. The van der Waals surface area contributed by atoms with Crippen molar-refractivity contribution in [3.05, 3.63) is 71.8 Å². The van der Waals surface area contributed by atoms with Crippen LogP contribution in [0.15, 0.2) is 60.7 Å². The van der Waals surface area contributed by atoms with Crippen molar-refractivity contribution < 1.29 is 18.7 Å². The predicted octanol–water partition coefficient (Wildman–Crippen LogP) is 3.67. The average Bonchev–Trinajstić information content (AvgIpc) is 2.66. The van der Waals surface area contributed by atoms with Gasteiger partial charge >= 0.3 is 5.97 Å². The molecule has 0 aromatic heterocycles. The highest BCUT2D eigenvalue weighted by atomic mass is 19.1. The molecule has 0 saturated carbocycles. The van der Waals surface area contributed by atoms with Crippen LogP contribution in [0.5, 0.6) is 0 Å². The first-order valence-corrected chi connectivity index (χ1v) is 8.80. The Balaban J connectivity index is 1.91. The van der Waals surface area contributed by atoms with E-state index in [1.807, 2.05) is 60.7 Å². The van der Waals surface area contributed by atoms with Crippen LogP contribution in [-0.4, -0.2) is 38.0 Å². The second-order valence-electron chi connectivity index (χ2n) is 6.09. The third-order valence-corrected chi connectivity index (χ3v) is 4.06. The molecule has 0 bridgehead atoms. The van der Waals surface area contributed by atoms with Crippen LogP contribution in [0.3, 0.4) is 0 Å². The molecule has 0 spiro atoms. The van der Waals surface area contributed by atoms with Crippen LogP contribution in [0, 0.1) is 0 Å². The second kappa shape index (κ2) is 10.7. The summed E-state index contributed by atoms with van der Waals surface area (Å²) >= 11 is 0. The molecule has 5 heteroatoms. The number of hydrogen-bond acceptors (Lipinski definition) is 4. The van der Waals surface area contributed by atoms with Crippen LogP contribution < -0.4 is 5.32 Å². The monoisotopic (exact) mass is 359 g/mol. The van der Waals surface area contributed by atoms with Gasteiger partial charge < -0.3 is 14.8 Å². The Hall–Kier alpha value is -2.24. The van der Waals surface area contributed by atoms with Crippen molar-refractivity contribution in [3.8, 4) is 0 Å². The number of carbonyl (C=O) groups excluding carboxylic acids is 1. The van der Waals surface area contributed by atoms with Crippen LogP contribution >= 0.6 is 0 Å². The summed E-state index contributed by atoms with van der Waals surface area (Å²) in [5.74, 6) is -0.367. The number of rotatable bonds is 10. The van der Waals surface area contributed by atoms with Crippen molar-refractivity contribution in [2.75, 3.05) is 19.8 Å². The predicted molar refractivity (Wildman–Crippen MR) is 99.7 cm³/mol. The van der Waals surface area contributed by atoms with E-state index in [-0.39, 0.29) is 31.8 Å². The Morgan fingerprint density at radius 2 is 1.54 bits per heavy atom. The summed E-state index contributed by atoms with van der Waals surface area (Å²) in [6.07, 6.45) is -1.77. The highest BCUT2D eigenvalue weighted by Gasteiger charge is 2.20. The fourth-order valence-electron chi connectivity index (χ4n) is 2.64. The first kappa shape index (κ1) is 20.1. The molecule has 0 amide bonds. The van der Waals surface area contributed by atoms with Crippen LogP contribution in [0.25, 0.3) is 0 Å². The SMILES string of the molecule is CC(=O)OCCOC(C)C(F)CNC(c1ccccc1)c1ccccc1. The normalized spacial score (nSPS) is 13.4. The summed E-state index contributed by atoms with van der Waals surface area (Å²) in [6, 6.07) is 19.8. The van der Waals surface area contributed by atoms with Gasteiger partial charge in [-0.25, -0.2) is 4.39 Å². The average molecular weight is 359 g/mol. The van der Waals surface area contributed by atoms with Gasteiger partial charge in [-0.3, -0.25) is 4.79 Å². The highest BCUT2D eigenvalue weighted by molar-refractivity contribution is 5.65. The number of nitrogens with one attached hydrogen (secondary N) is 1. The number of carbonyl (C=O) groups is 1. The zero-order chi connectivity index (χ0) is 18.8. The molecular weight excluding hydrogens is 333 g/mol. The molecule has 0 heterocycles. The topological polar surface area (TPSA) is 47.6 Å². The van der Waals surface area contributed by atoms with E-state index >= 15 is 0 Å². The summed E-state index contributed by atoms with van der Waals surface area (Å²) in [7, 11) is 0. The van der Waals surface area contributed by atoms with E-state index in [1.54, 1.807) is 6.92 Å². The molecular formula is C21H26FNO3. The van der Waals surface area contributed by atoms with Crippen molar-refractivity contribution in [1.29, 1.82) is 0 Å². The Morgan fingerprint density at radius 1 is 1.00 bits per heavy atom. The van der Waals surface area contributed by atoms with Crippen molar-refractivity contribution in [1.82, 2.24) is 5.32 Å². The molecule has 140 valence electrons. The minimum atomic E-state index is -1.18. The summed E-state index contributed by atoms with van der Waals surface area (Å²) in [5, 5.41) is 3.30. The number of alkyl halides is 1. The van der Waals surface area contributed by atoms with Crippen LogP contribution in [0.4, 0.5) is 4.39 Å². The molecule has 0 aliphatic carbocycles. The molecule has 0 aliphatic rings. The van der Waals surface area contributed by atoms with E-state index in [4.69, 9.17) is 9.47 Å². The molecule has 2 atom stereocenters. The lowest BCUT2D eigenvalue weighted by molar-refractivity contribution is -0.143. The van der Waals surface area contributed by atoms with Gasteiger partial charge in [-0.2, -0.15) is 0 Å². The summed E-state index contributed by atoms with van der Waals surface area (Å²) in [6.45, 7) is 3.49. The van der Waals surface area contributed by atoms with Gasteiger partial charge in [0.2, 0.25) is 0 Å². The molecule has 2 aromatic rings. The zero-order valence-corrected chi connectivity index (χ0v) is 15.2. The molecule has 2 rings (SSSR count). The maximum atomic E-state index is 14.5. The van der Waals surface area contributed by atoms with Gasteiger partial charge in [-0.1, -0.05) is 60.7 Å². The van der Waals surface area contributed by atoms with Crippen molar-refractivity contribution in [2.45, 2.75) is 32.2 Å². The Morgan fingerprint density at radius 3 is 2.04 bits per heavy atom. The van der Waals surface area contributed by atoms with Gasteiger partial charge in [0, 0.05) is 13.5 Å². The standard InChI is InChI=1S/C21H26FNO3/c1-16(25-13-14-26-17(2)24)20(22)15-23-21(18-9-5-3-6-10-18)19-11-7-4-8-12-19/h3-12,16,20-21,23H,13-15H2,1-2H3. The molecule has 0 radical (unpaired) electrons. The number of esters is 1. The molecule has 0 saturated heterocycles. The summed E-state index contributed by atoms with van der Waals surface area (Å²) < 4.78 is 24.7.